The first-order chi connectivity index (χ1) is 11.5. The molecule has 1 aromatic heterocycles. The molecule has 2 heterocycles. The van der Waals surface area contributed by atoms with Gasteiger partial charge in [-0.2, -0.15) is 0 Å². The van der Waals surface area contributed by atoms with Crippen molar-refractivity contribution in [3.63, 3.8) is 0 Å². The molecule has 124 valence electrons. The molecule has 1 atom stereocenters. The highest BCUT2D eigenvalue weighted by Crippen LogP contribution is 2.26. The maximum Gasteiger partial charge on any atom is 0.257 e. The topological polar surface area (TPSA) is 110 Å². The highest BCUT2D eigenvalue weighted by atomic mass is 19.1. The largest absolute Gasteiger partial charge is 0.386 e. The number of aromatic amines is 1. The number of nitrogens with two attached hydrogens (primary N) is 1. The van der Waals surface area contributed by atoms with Crippen LogP contribution in [0.5, 0.6) is 0 Å². The summed E-state index contributed by atoms with van der Waals surface area (Å²) in [6.07, 6.45) is 1.31. The molecular weight excluding hydrogens is 315 g/mol. The van der Waals surface area contributed by atoms with E-state index in [0.29, 0.717) is 11.5 Å². The van der Waals surface area contributed by atoms with E-state index < -0.39 is 17.8 Å². The minimum atomic E-state index is -0.552. The molecule has 2 aromatic rings. The molecule has 0 bridgehead atoms. The van der Waals surface area contributed by atoms with Gasteiger partial charge < -0.3 is 20.8 Å². The number of ether oxygens (including phenoxy) is 1. The van der Waals surface area contributed by atoms with E-state index in [2.05, 4.69) is 15.3 Å². The van der Waals surface area contributed by atoms with Crippen LogP contribution in [0.15, 0.2) is 46.3 Å². The van der Waals surface area contributed by atoms with E-state index in [4.69, 9.17) is 10.5 Å². The van der Waals surface area contributed by atoms with Gasteiger partial charge in [0, 0.05) is 23.5 Å². The summed E-state index contributed by atoms with van der Waals surface area (Å²) in [5.41, 5.74) is 6.30. The number of hydrogen-bond acceptors (Lipinski definition) is 5. The highest BCUT2D eigenvalue weighted by Gasteiger charge is 2.20. The van der Waals surface area contributed by atoms with Gasteiger partial charge in [0.05, 0.1) is 12.2 Å². The zero-order chi connectivity index (χ0) is 17.1. The number of pyridine rings is 1. The molecule has 0 spiro atoms. The van der Waals surface area contributed by atoms with Crippen LogP contribution in [-0.2, 0) is 4.74 Å². The predicted octanol–water partition coefficient (Wildman–Crippen LogP) is 1.19. The molecule has 0 radical (unpaired) electrons. The SMILES string of the molecule is NC1=NC(c2cc(NC(=O)c3ccc(=O)[nH]c3)ccc2F)COC1. The smallest absolute Gasteiger partial charge is 0.257 e. The molecule has 1 aliphatic heterocycles. The minimum absolute atomic E-state index is 0.217. The van der Waals surface area contributed by atoms with E-state index in [1.54, 1.807) is 0 Å². The Hall–Kier alpha value is -3.00. The Morgan fingerprint density at radius 3 is 2.92 bits per heavy atom. The van der Waals surface area contributed by atoms with Crippen LogP contribution in [0, 0.1) is 5.82 Å². The fraction of sp³-hybridized carbons (Fsp3) is 0.188. The zero-order valence-corrected chi connectivity index (χ0v) is 12.6. The molecule has 4 N–H and O–H groups in total. The number of H-pyrrole nitrogens is 1. The van der Waals surface area contributed by atoms with Crippen molar-refractivity contribution in [1.29, 1.82) is 0 Å². The molecule has 0 fully saturated rings. The van der Waals surface area contributed by atoms with Crippen LogP contribution in [0.25, 0.3) is 0 Å². The monoisotopic (exact) mass is 330 g/mol. The van der Waals surface area contributed by atoms with Gasteiger partial charge in [-0.1, -0.05) is 0 Å². The number of carbonyl (C=O) groups excluding carboxylic acids is 1. The Kier molecular flexibility index (Phi) is 4.39. The second-order valence-corrected chi connectivity index (χ2v) is 5.28. The van der Waals surface area contributed by atoms with E-state index in [1.165, 1.54) is 36.5 Å². The van der Waals surface area contributed by atoms with E-state index in [0.717, 1.165) is 0 Å². The minimum Gasteiger partial charge on any atom is -0.386 e. The number of halogens is 1. The molecule has 1 aliphatic rings. The Balaban J connectivity index is 1.83. The summed E-state index contributed by atoms with van der Waals surface area (Å²) >= 11 is 0. The van der Waals surface area contributed by atoms with Gasteiger partial charge in [0.2, 0.25) is 5.56 Å². The van der Waals surface area contributed by atoms with Gasteiger partial charge in [0.25, 0.3) is 5.91 Å². The molecule has 24 heavy (non-hydrogen) atoms. The summed E-state index contributed by atoms with van der Waals surface area (Å²) in [7, 11) is 0. The average molecular weight is 330 g/mol. The molecule has 7 nitrogen and oxygen atoms in total. The quantitative estimate of drug-likeness (QED) is 0.785. The Bertz CT molecular complexity index is 842. The molecule has 3 rings (SSSR count). The van der Waals surface area contributed by atoms with Gasteiger partial charge >= 0.3 is 0 Å². The van der Waals surface area contributed by atoms with Crippen LogP contribution < -0.4 is 16.6 Å². The zero-order valence-electron chi connectivity index (χ0n) is 12.6. The van der Waals surface area contributed by atoms with Crippen molar-refractivity contribution in [3.05, 3.63) is 63.8 Å². The van der Waals surface area contributed by atoms with Crippen LogP contribution in [0.2, 0.25) is 0 Å². The summed E-state index contributed by atoms with van der Waals surface area (Å²) < 4.78 is 19.3. The lowest BCUT2D eigenvalue weighted by Gasteiger charge is -2.20. The number of amidine groups is 1. The van der Waals surface area contributed by atoms with Crippen LogP contribution in [0.1, 0.15) is 22.0 Å². The second-order valence-electron chi connectivity index (χ2n) is 5.28. The van der Waals surface area contributed by atoms with Gasteiger partial charge in [-0.25, -0.2) is 4.39 Å². The molecule has 0 aliphatic carbocycles. The van der Waals surface area contributed by atoms with E-state index in [-0.39, 0.29) is 29.9 Å². The molecular formula is C16H15FN4O3. The highest BCUT2D eigenvalue weighted by molar-refractivity contribution is 6.04. The third-order valence-electron chi connectivity index (χ3n) is 3.51. The molecule has 1 unspecified atom stereocenters. The predicted molar refractivity (Wildman–Crippen MR) is 86.6 cm³/mol. The summed E-state index contributed by atoms with van der Waals surface area (Å²) in [5, 5.41) is 2.65. The lowest BCUT2D eigenvalue weighted by Crippen LogP contribution is -2.27. The van der Waals surface area contributed by atoms with Crippen molar-refractivity contribution < 1.29 is 13.9 Å². The second kappa shape index (κ2) is 6.63. The van der Waals surface area contributed by atoms with Crippen molar-refractivity contribution in [2.75, 3.05) is 18.5 Å². The molecule has 0 saturated carbocycles. The van der Waals surface area contributed by atoms with Crippen LogP contribution in [0.4, 0.5) is 10.1 Å². The van der Waals surface area contributed by atoms with Crippen molar-refractivity contribution in [1.82, 2.24) is 4.98 Å². The number of nitrogens with zero attached hydrogens (tertiary/aromatic N) is 1. The number of aliphatic imine (C=N–C) groups is 1. The average Bonchev–Trinajstić information content (AvgIpc) is 2.57. The van der Waals surface area contributed by atoms with Crippen molar-refractivity contribution in [3.8, 4) is 0 Å². The van der Waals surface area contributed by atoms with Crippen LogP contribution in [0.3, 0.4) is 0 Å². The molecule has 8 heteroatoms. The lowest BCUT2D eigenvalue weighted by molar-refractivity contribution is 0.102. The van der Waals surface area contributed by atoms with Gasteiger partial charge in [0.15, 0.2) is 0 Å². The van der Waals surface area contributed by atoms with Crippen LogP contribution in [-0.4, -0.2) is 29.9 Å². The third-order valence-corrected chi connectivity index (χ3v) is 3.51. The first-order valence-electron chi connectivity index (χ1n) is 7.22. The summed E-state index contributed by atoms with van der Waals surface area (Å²) in [6, 6.07) is 6.29. The number of nitrogens with one attached hydrogen (secondary N) is 2. The van der Waals surface area contributed by atoms with Gasteiger partial charge in [-0.05, 0) is 24.3 Å². The maximum absolute atomic E-state index is 14.1. The van der Waals surface area contributed by atoms with Gasteiger partial charge in [-0.3, -0.25) is 14.6 Å². The van der Waals surface area contributed by atoms with Crippen molar-refractivity contribution >= 4 is 17.4 Å². The van der Waals surface area contributed by atoms with Crippen molar-refractivity contribution in [2.45, 2.75) is 6.04 Å². The maximum atomic E-state index is 14.1. The summed E-state index contributed by atoms with van der Waals surface area (Å²) in [4.78, 5) is 29.8. The fourth-order valence-electron chi connectivity index (χ4n) is 2.34. The Labute approximate surface area is 136 Å². The Morgan fingerprint density at radius 1 is 1.38 bits per heavy atom. The number of rotatable bonds is 3. The first-order valence-corrected chi connectivity index (χ1v) is 7.22. The van der Waals surface area contributed by atoms with E-state index >= 15 is 0 Å². The summed E-state index contributed by atoms with van der Waals surface area (Å²) in [6.45, 7) is 0.440. The van der Waals surface area contributed by atoms with Gasteiger partial charge in [-0.15, -0.1) is 0 Å². The standard InChI is InChI=1S/C16H15FN4O3/c17-12-3-2-10(5-11(12)13-7-24-8-14(18)21-13)20-16(23)9-1-4-15(22)19-6-9/h1-6,13H,7-8H2,(H2,18,21)(H,19,22)(H,20,23). The summed E-state index contributed by atoms with van der Waals surface area (Å²) in [5.74, 6) is -0.580. The first kappa shape index (κ1) is 15.9. The molecule has 0 saturated heterocycles. The number of carbonyl (C=O) groups is 1. The number of benzene rings is 1. The number of hydrogen-bond donors (Lipinski definition) is 3. The number of aromatic nitrogens is 1. The molecule has 1 aromatic carbocycles. The fourth-order valence-corrected chi connectivity index (χ4v) is 2.34. The normalized spacial score (nSPS) is 17.2. The van der Waals surface area contributed by atoms with Gasteiger partial charge in [0.1, 0.15) is 24.3 Å². The third kappa shape index (κ3) is 3.49. The lowest BCUT2D eigenvalue weighted by atomic mass is 10.1. The van der Waals surface area contributed by atoms with E-state index in [9.17, 15) is 14.0 Å². The Morgan fingerprint density at radius 2 is 2.21 bits per heavy atom. The van der Waals surface area contributed by atoms with Crippen LogP contribution >= 0.6 is 0 Å². The van der Waals surface area contributed by atoms with Crippen molar-refractivity contribution in [2.24, 2.45) is 10.7 Å². The number of amides is 1. The van der Waals surface area contributed by atoms with E-state index in [1.807, 2.05) is 0 Å². The number of anilines is 1. The molecule has 1 amide bonds.